The van der Waals surface area contributed by atoms with E-state index in [2.05, 4.69) is 11.9 Å². The molecule has 2 heterocycles. The third-order valence-corrected chi connectivity index (χ3v) is 1.46. The molecule has 0 aliphatic carbocycles. The van der Waals surface area contributed by atoms with Crippen LogP contribution >= 0.6 is 0 Å². The van der Waals surface area contributed by atoms with Crippen LogP contribution in [0.15, 0.2) is 0 Å². The molecule has 2 rings (SSSR count). The molecule has 1 unspecified atom stereocenters. The summed E-state index contributed by atoms with van der Waals surface area (Å²) in [6.45, 7) is 2.08. The summed E-state index contributed by atoms with van der Waals surface area (Å²) in [7, 11) is 0. The van der Waals surface area contributed by atoms with Gasteiger partial charge in [-0.3, -0.25) is 5.32 Å². The predicted molar refractivity (Wildman–Crippen MR) is 25.3 cm³/mol. The largest absolute Gasteiger partial charge is 0.353 e. The molecule has 2 fully saturated rings. The molecule has 0 bridgehead atoms. The van der Waals surface area contributed by atoms with Gasteiger partial charge in [0, 0.05) is 6.54 Å². The van der Waals surface area contributed by atoms with Crippen LogP contribution in [0.5, 0.6) is 0 Å². The number of ether oxygens (including phenoxy) is 1. The molecule has 39 valence electrons. The van der Waals surface area contributed by atoms with Crippen molar-refractivity contribution in [2.45, 2.75) is 25.2 Å². The van der Waals surface area contributed by atoms with E-state index in [4.69, 9.17) is 4.74 Å². The molecule has 2 aliphatic rings. The molecular formula is C5H8NO. The lowest BCUT2D eigenvalue weighted by atomic mass is 10.2. The molecule has 1 radical (unpaired) electrons. The second-order valence-electron chi connectivity index (χ2n) is 2.04. The van der Waals surface area contributed by atoms with Gasteiger partial charge in [0.05, 0.1) is 6.10 Å². The number of epoxide rings is 1. The van der Waals surface area contributed by atoms with Crippen molar-refractivity contribution in [3.8, 4) is 0 Å². The molecule has 0 saturated carbocycles. The second kappa shape index (κ2) is 1.20. The first kappa shape index (κ1) is 3.87. The Kier molecular flexibility index (Phi) is 0.664. The van der Waals surface area contributed by atoms with E-state index in [9.17, 15) is 0 Å². The summed E-state index contributed by atoms with van der Waals surface area (Å²) in [5.74, 6) is 0. The van der Waals surface area contributed by atoms with Crippen molar-refractivity contribution in [1.29, 1.82) is 0 Å². The van der Waals surface area contributed by atoms with E-state index in [1.54, 1.807) is 0 Å². The lowest BCUT2D eigenvalue weighted by molar-refractivity contribution is 0.363. The molecular weight excluding hydrogens is 90.1 g/mol. The smallest absolute Gasteiger partial charge is 0.135 e. The molecule has 1 N–H and O–H groups in total. The zero-order chi connectivity index (χ0) is 4.69. The van der Waals surface area contributed by atoms with Crippen LogP contribution in [0.1, 0.15) is 12.8 Å². The van der Waals surface area contributed by atoms with Gasteiger partial charge in [0.2, 0.25) is 0 Å². The lowest BCUT2D eigenvalue weighted by Gasteiger charge is -2.02. The number of rotatable bonds is 0. The van der Waals surface area contributed by atoms with E-state index in [-0.39, 0.29) is 0 Å². The van der Waals surface area contributed by atoms with Crippen molar-refractivity contribution in [2.75, 3.05) is 0 Å². The van der Waals surface area contributed by atoms with E-state index in [1.165, 1.54) is 12.8 Å². The first-order chi connectivity index (χ1) is 3.47. The topological polar surface area (TPSA) is 24.6 Å². The third-order valence-electron chi connectivity index (χ3n) is 1.46. The van der Waals surface area contributed by atoms with Crippen molar-refractivity contribution in [3.05, 3.63) is 6.54 Å². The quantitative estimate of drug-likeness (QED) is 0.439. The highest BCUT2D eigenvalue weighted by Crippen LogP contribution is 2.28. The molecule has 0 amide bonds. The van der Waals surface area contributed by atoms with Gasteiger partial charge in [0.25, 0.3) is 0 Å². The van der Waals surface area contributed by atoms with Crippen molar-refractivity contribution in [2.24, 2.45) is 0 Å². The maximum atomic E-state index is 5.14. The minimum absolute atomic E-state index is 0.397. The average Bonchev–Trinajstić information content (AvgIpc) is 2.41. The summed E-state index contributed by atoms with van der Waals surface area (Å²) in [5, 5.41) is 3.11. The number of piperidine rings is 1. The number of hydrogen-bond donors (Lipinski definition) is 1. The molecule has 2 atom stereocenters. The maximum Gasteiger partial charge on any atom is 0.135 e. The average molecular weight is 98.1 g/mol. The van der Waals surface area contributed by atoms with Gasteiger partial charge in [-0.25, -0.2) is 0 Å². The Labute approximate surface area is 42.9 Å². The molecule has 0 aromatic rings. The summed E-state index contributed by atoms with van der Waals surface area (Å²) in [4.78, 5) is 0. The summed E-state index contributed by atoms with van der Waals surface area (Å²) in [5.41, 5.74) is 0. The zero-order valence-corrected chi connectivity index (χ0v) is 4.05. The highest BCUT2D eigenvalue weighted by Gasteiger charge is 2.40. The van der Waals surface area contributed by atoms with Gasteiger partial charge in [-0.2, -0.15) is 0 Å². The second-order valence-corrected chi connectivity index (χ2v) is 2.04. The number of nitrogens with one attached hydrogen (secondary N) is 1. The predicted octanol–water partition coefficient (Wildman–Crippen LogP) is 0.256. The minimum atomic E-state index is 0.397. The Bertz CT molecular complexity index is 74.1. The van der Waals surface area contributed by atoms with Crippen LogP contribution in [0.4, 0.5) is 0 Å². The fourth-order valence-corrected chi connectivity index (χ4v) is 0.956. The van der Waals surface area contributed by atoms with Crippen LogP contribution in [0.3, 0.4) is 0 Å². The van der Waals surface area contributed by atoms with Crippen molar-refractivity contribution < 1.29 is 4.74 Å². The fourth-order valence-electron chi connectivity index (χ4n) is 0.956. The Morgan fingerprint density at radius 1 is 1.71 bits per heavy atom. The van der Waals surface area contributed by atoms with Gasteiger partial charge in [-0.05, 0) is 12.8 Å². The van der Waals surface area contributed by atoms with Crippen LogP contribution < -0.4 is 5.32 Å². The van der Waals surface area contributed by atoms with E-state index >= 15 is 0 Å². The highest BCUT2D eigenvalue weighted by atomic mass is 16.6. The monoisotopic (exact) mass is 98.1 g/mol. The standard InChI is InChI=1S/C5H8NO/c1-2-4-5(7-4)6-3-1/h3-6H,1-2H2/t4-,5?/m0/s1. The van der Waals surface area contributed by atoms with Crippen LogP contribution in [-0.2, 0) is 4.74 Å². The van der Waals surface area contributed by atoms with Gasteiger partial charge in [-0.1, -0.05) is 0 Å². The maximum absolute atomic E-state index is 5.14. The Hall–Kier alpha value is -0.0800. The molecule has 2 heteroatoms. The first-order valence-electron chi connectivity index (χ1n) is 2.70. The summed E-state index contributed by atoms with van der Waals surface area (Å²) in [6.07, 6.45) is 3.34. The molecule has 7 heavy (non-hydrogen) atoms. The molecule has 2 aliphatic heterocycles. The van der Waals surface area contributed by atoms with Crippen molar-refractivity contribution >= 4 is 0 Å². The van der Waals surface area contributed by atoms with Gasteiger partial charge in [0.15, 0.2) is 0 Å². The Balaban J connectivity index is 1.95. The zero-order valence-electron chi connectivity index (χ0n) is 4.05. The third kappa shape index (κ3) is 0.545. The van der Waals surface area contributed by atoms with Gasteiger partial charge >= 0.3 is 0 Å². The fraction of sp³-hybridized carbons (Fsp3) is 0.800. The number of fused-ring (bicyclic) bond motifs is 1. The van der Waals surface area contributed by atoms with E-state index in [1.807, 2.05) is 0 Å². The molecule has 0 aromatic heterocycles. The van der Waals surface area contributed by atoms with E-state index < -0.39 is 0 Å². The van der Waals surface area contributed by atoms with Crippen LogP contribution in [0.2, 0.25) is 0 Å². The van der Waals surface area contributed by atoms with E-state index in [0.717, 1.165) is 0 Å². The van der Waals surface area contributed by atoms with Gasteiger partial charge in [0.1, 0.15) is 6.23 Å². The summed E-state index contributed by atoms with van der Waals surface area (Å²) < 4.78 is 5.14. The summed E-state index contributed by atoms with van der Waals surface area (Å²) >= 11 is 0. The van der Waals surface area contributed by atoms with Gasteiger partial charge < -0.3 is 4.74 Å². The minimum Gasteiger partial charge on any atom is -0.353 e. The van der Waals surface area contributed by atoms with Crippen LogP contribution in [0, 0.1) is 6.54 Å². The van der Waals surface area contributed by atoms with Crippen LogP contribution in [0.25, 0.3) is 0 Å². The first-order valence-corrected chi connectivity index (χ1v) is 2.70. The molecule has 2 saturated heterocycles. The molecule has 0 aromatic carbocycles. The highest BCUT2D eigenvalue weighted by molar-refractivity contribution is 4.91. The Morgan fingerprint density at radius 2 is 2.71 bits per heavy atom. The Morgan fingerprint density at radius 3 is 3.29 bits per heavy atom. The normalized spacial score (nSPS) is 48.0. The van der Waals surface area contributed by atoms with Gasteiger partial charge in [-0.15, -0.1) is 0 Å². The van der Waals surface area contributed by atoms with Crippen molar-refractivity contribution in [3.63, 3.8) is 0 Å². The summed E-state index contributed by atoms with van der Waals surface area (Å²) in [6, 6.07) is 0. The molecule has 2 nitrogen and oxygen atoms in total. The molecule has 0 spiro atoms. The SMILES string of the molecule is [CH]1CC[C@@H]2OC2N1. The van der Waals surface area contributed by atoms with Crippen LogP contribution in [-0.4, -0.2) is 12.3 Å². The number of hydrogen-bond acceptors (Lipinski definition) is 2. The van der Waals surface area contributed by atoms with Crippen molar-refractivity contribution in [1.82, 2.24) is 5.32 Å². The van der Waals surface area contributed by atoms with E-state index in [0.29, 0.717) is 12.3 Å². The lowest BCUT2D eigenvalue weighted by Crippen LogP contribution is -2.21.